The molecule has 4 amide bonds. The van der Waals surface area contributed by atoms with Gasteiger partial charge in [0.15, 0.2) is 0 Å². The Morgan fingerprint density at radius 2 is 1.42 bits per heavy atom. The van der Waals surface area contributed by atoms with Gasteiger partial charge in [-0.1, -0.05) is 50.2 Å². The zero-order chi connectivity index (χ0) is 43.5. The Hall–Kier alpha value is -6.29. The van der Waals surface area contributed by atoms with Gasteiger partial charge in [0.2, 0.25) is 11.8 Å². The third-order valence-electron chi connectivity index (χ3n) is 12.5. The van der Waals surface area contributed by atoms with Crippen molar-refractivity contribution in [3.8, 4) is 33.6 Å². The number of benzene rings is 3. The summed E-state index contributed by atoms with van der Waals surface area (Å²) in [5, 5.41) is 7.36. The first-order valence-electron chi connectivity index (χ1n) is 21.3. The number of carbonyl (C=O) groups is 4. The fourth-order valence-electron chi connectivity index (χ4n) is 9.10. The number of amides is 4. The largest absolute Gasteiger partial charge is 0.453 e. The molecule has 0 radical (unpaired) electrons. The Labute approximate surface area is 359 Å². The Morgan fingerprint density at radius 3 is 2.10 bits per heavy atom. The molecule has 3 aliphatic rings. The SMILES string of the molecule is COC(=O)N[C@H](C(=O)N1CCC[C@H]1c1ncc(-c2ccc(-c3ccc4cc(-c5c[nH]c([C@@H]6CCCN6C(=O)[C@@H](NC(=O)OC)C6CCOCC6)n5)ccc4c3)c(F)c2)[nH]1)C(C)C. The van der Waals surface area contributed by atoms with Crippen LogP contribution in [0.5, 0.6) is 0 Å². The third kappa shape index (κ3) is 8.73. The van der Waals surface area contributed by atoms with Gasteiger partial charge in [0.1, 0.15) is 29.5 Å². The van der Waals surface area contributed by atoms with Crippen LogP contribution in [0.15, 0.2) is 67.0 Å². The van der Waals surface area contributed by atoms with E-state index in [1.807, 2.05) is 67.4 Å². The lowest BCUT2D eigenvalue weighted by atomic mass is 9.90. The van der Waals surface area contributed by atoms with E-state index in [9.17, 15) is 19.2 Å². The summed E-state index contributed by atoms with van der Waals surface area (Å²) in [5.74, 6) is 0.378. The van der Waals surface area contributed by atoms with E-state index in [1.165, 1.54) is 20.3 Å². The molecular weight excluding hydrogens is 796 g/mol. The molecule has 5 aromatic rings. The maximum atomic E-state index is 15.9. The van der Waals surface area contributed by atoms with E-state index < -0.39 is 24.3 Å². The van der Waals surface area contributed by atoms with E-state index in [0.29, 0.717) is 74.0 Å². The van der Waals surface area contributed by atoms with Crippen LogP contribution in [0.2, 0.25) is 0 Å². The number of methoxy groups -OCH3 is 2. The molecule has 4 N–H and O–H groups in total. The van der Waals surface area contributed by atoms with Crippen LogP contribution in [0.25, 0.3) is 44.4 Å². The second kappa shape index (κ2) is 18.4. The molecule has 3 aromatic carbocycles. The molecule has 0 aliphatic carbocycles. The predicted molar refractivity (Wildman–Crippen MR) is 229 cm³/mol. The maximum Gasteiger partial charge on any atom is 0.407 e. The molecule has 2 aromatic heterocycles. The molecule has 0 saturated carbocycles. The molecule has 3 aliphatic heterocycles. The molecule has 16 heteroatoms. The van der Waals surface area contributed by atoms with Crippen molar-refractivity contribution < 1.29 is 37.8 Å². The minimum atomic E-state index is -0.740. The first-order valence-corrected chi connectivity index (χ1v) is 21.3. The topological polar surface area (TPSA) is 184 Å². The van der Waals surface area contributed by atoms with E-state index in [2.05, 4.69) is 25.6 Å². The summed E-state index contributed by atoms with van der Waals surface area (Å²) in [6, 6.07) is 15.0. The van der Waals surface area contributed by atoms with Gasteiger partial charge in [0.05, 0.1) is 43.9 Å². The van der Waals surface area contributed by atoms with E-state index >= 15 is 4.39 Å². The highest BCUT2D eigenvalue weighted by atomic mass is 19.1. The number of nitrogens with one attached hydrogen (secondary N) is 4. The minimum Gasteiger partial charge on any atom is -0.453 e. The number of hydrogen-bond acceptors (Lipinski definition) is 9. The fourth-order valence-corrected chi connectivity index (χ4v) is 9.10. The van der Waals surface area contributed by atoms with Gasteiger partial charge in [0.25, 0.3) is 0 Å². The molecular formula is C46H53FN8O7. The average molecular weight is 849 g/mol. The number of carbonyl (C=O) groups excluding carboxylic acids is 4. The number of ether oxygens (including phenoxy) is 3. The molecule has 3 saturated heterocycles. The number of fused-ring (bicyclic) bond motifs is 1. The van der Waals surface area contributed by atoms with Gasteiger partial charge in [0, 0.05) is 49.2 Å². The number of imidazole rings is 2. The zero-order valence-electron chi connectivity index (χ0n) is 35.4. The molecule has 62 heavy (non-hydrogen) atoms. The lowest BCUT2D eigenvalue weighted by molar-refractivity contribution is -0.137. The number of H-pyrrole nitrogens is 2. The molecule has 3 fully saturated rings. The standard InChI is InChI=1S/C46H53FN8O7/c1-26(2)39(52-45(58)60-3)43(56)54-17-5-7-37(54)41-49-25-36(51-41)32-13-14-33(34(47)23-32)30-11-9-29-22-31(12-10-28(29)21-30)35-24-48-42(50-35)38-8-6-18-55(38)44(57)40(53-46(59)61-4)27-15-19-62-20-16-27/h9-14,21-27,37-40H,5-8,15-20H2,1-4H3,(H,48,50)(H,49,51)(H,52,58)(H,53,59)/t37-,38-,39-,40-/m0/s1. The van der Waals surface area contributed by atoms with Gasteiger partial charge in [-0.05, 0) is 84.9 Å². The van der Waals surface area contributed by atoms with Gasteiger partial charge in [-0.2, -0.15) is 0 Å². The highest BCUT2D eigenvalue weighted by Gasteiger charge is 2.41. The third-order valence-corrected chi connectivity index (χ3v) is 12.5. The van der Waals surface area contributed by atoms with Gasteiger partial charge in [-0.15, -0.1) is 0 Å². The number of aromatic nitrogens is 4. The summed E-state index contributed by atoms with van der Waals surface area (Å²) in [4.78, 5) is 71.6. The van der Waals surface area contributed by atoms with Crippen molar-refractivity contribution in [2.24, 2.45) is 11.8 Å². The van der Waals surface area contributed by atoms with E-state index in [-0.39, 0.29) is 41.6 Å². The maximum absolute atomic E-state index is 15.9. The van der Waals surface area contributed by atoms with E-state index in [0.717, 1.165) is 46.9 Å². The van der Waals surface area contributed by atoms with E-state index in [1.54, 1.807) is 17.2 Å². The predicted octanol–water partition coefficient (Wildman–Crippen LogP) is 7.28. The molecule has 0 spiro atoms. The number of rotatable bonds is 11. The quantitative estimate of drug-likeness (QED) is 0.106. The number of nitrogens with zero attached hydrogens (tertiary/aromatic N) is 4. The Morgan fingerprint density at radius 1 is 0.790 bits per heavy atom. The van der Waals surface area contributed by atoms with Crippen molar-refractivity contribution in [1.82, 2.24) is 40.4 Å². The number of hydrogen-bond donors (Lipinski definition) is 4. The van der Waals surface area contributed by atoms with Crippen molar-refractivity contribution in [2.75, 3.05) is 40.5 Å². The fraction of sp³-hybridized carbons (Fsp3) is 0.435. The second-order valence-corrected chi connectivity index (χ2v) is 16.6. The number of aromatic amines is 2. The van der Waals surface area contributed by atoms with Crippen LogP contribution in [-0.4, -0.2) is 106 Å². The van der Waals surface area contributed by atoms with Gasteiger partial charge in [-0.25, -0.2) is 23.9 Å². The van der Waals surface area contributed by atoms with Crippen LogP contribution in [-0.2, 0) is 23.8 Å². The molecule has 5 heterocycles. The van der Waals surface area contributed by atoms with Crippen molar-refractivity contribution in [1.29, 1.82) is 0 Å². The van der Waals surface area contributed by atoms with Crippen LogP contribution >= 0.6 is 0 Å². The van der Waals surface area contributed by atoms with Gasteiger partial charge in [-0.3, -0.25) is 9.59 Å². The first-order chi connectivity index (χ1) is 30.0. The van der Waals surface area contributed by atoms with Crippen LogP contribution in [0, 0.1) is 17.7 Å². The molecule has 4 atom stereocenters. The van der Waals surface area contributed by atoms with Crippen LogP contribution in [0.4, 0.5) is 14.0 Å². The molecule has 326 valence electrons. The molecule has 0 bridgehead atoms. The van der Waals surface area contributed by atoms with Crippen LogP contribution in [0.1, 0.15) is 76.1 Å². The lowest BCUT2D eigenvalue weighted by Crippen LogP contribution is -2.53. The summed E-state index contributed by atoms with van der Waals surface area (Å²) < 4.78 is 31.0. The van der Waals surface area contributed by atoms with Crippen molar-refractivity contribution in [3.05, 3.63) is 84.5 Å². The van der Waals surface area contributed by atoms with Gasteiger partial charge < -0.3 is 44.6 Å². The Bertz CT molecular complexity index is 2440. The van der Waals surface area contributed by atoms with Crippen LogP contribution < -0.4 is 10.6 Å². The smallest absolute Gasteiger partial charge is 0.407 e. The second-order valence-electron chi connectivity index (χ2n) is 16.6. The van der Waals surface area contributed by atoms with Crippen molar-refractivity contribution >= 4 is 34.8 Å². The molecule has 0 unspecified atom stereocenters. The summed E-state index contributed by atoms with van der Waals surface area (Å²) in [6.45, 7) is 5.93. The number of halogens is 1. The number of alkyl carbamates (subject to hydrolysis) is 2. The summed E-state index contributed by atoms with van der Waals surface area (Å²) >= 11 is 0. The van der Waals surface area contributed by atoms with E-state index in [4.69, 9.17) is 19.2 Å². The Kier molecular flexibility index (Phi) is 12.6. The van der Waals surface area contributed by atoms with Crippen LogP contribution in [0.3, 0.4) is 0 Å². The monoisotopic (exact) mass is 848 g/mol. The minimum absolute atomic E-state index is 0.0493. The summed E-state index contributed by atoms with van der Waals surface area (Å²) in [5.41, 5.74) is 4.08. The molecule has 8 rings (SSSR count). The molecule has 15 nitrogen and oxygen atoms in total. The highest BCUT2D eigenvalue weighted by molar-refractivity contribution is 5.91. The van der Waals surface area contributed by atoms with Crippen molar-refractivity contribution in [3.63, 3.8) is 0 Å². The zero-order valence-corrected chi connectivity index (χ0v) is 35.4. The summed E-state index contributed by atoms with van der Waals surface area (Å²) in [6.07, 6.45) is 6.63. The number of likely N-dealkylation sites (tertiary alicyclic amines) is 2. The average Bonchev–Trinajstić information content (AvgIpc) is 4.14. The Balaban J connectivity index is 0.954. The summed E-state index contributed by atoms with van der Waals surface area (Å²) in [7, 11) is 2.56. The normalized spacial score (nSPS) is 19.1. The lowest BCUT2D eigenvalue weighted by Gasteiger charge is -2.34. The first kappa shape index (κ1) is 42.4. The van der Waals surface area contributed by atoms with Crippen molar-refractivity contribution in [2.45, 2.75) is 76.5 Å². The van der Waals surface area contributed by atoms with Gasteiger partial charge >= 0.3 is 12.2 Å². The highest BCUT2D eigenvalue weighted by Crippen LogP contribution is 2.37.